The van der Waals surface area contributed by atoms with Gasteiger partial charge in [-0.3, -0.25) is 4.79 Å². The second-order valence-corrected chi connectivity index (χ2v) is 3.93. The van der Waals surface area contributed by atoms with Crippen LogP contribution in [-0.4, -0.2) is 20.2 Å². The van der Waals surface area contributed by atoms with Gasteiger partial charge in [0.05, 0.1) is 20.1 Å². The Balaban J connectivity index is 2.98. The fourth-order valence-electron chi connectivity index (χ4n) is 1.72. The monoisotopic (exact) mass is 252 g/mol. The van der Waals surface area contributed by atoms with Gasteiger partial charge in [0.1, 0.15) is 0 Å². The first-order valence-electron chi connectivity index (χ1n) is 6.10. The summed E-state index contributed by atoms with van der Waals surface area (Å²) in [5.74, 6) is 0.990. The normalized spacial score (nSPS) is 10.3. The van der Waals surface area contributed by atoms with Crippen molar-refractivity contribution in [3.63, 3.8) is 0 Å². The topological polar surface area (TPSA) is 44.8 Å². The zero-order chi connectivity index (χ0) is 13.5. The quantitative estimate of drug-likeness (QED) is 0.576. The first kappa shape index (κ1) is 14.4. The van der Waals surface area contributed by atoms with Crippen LogP contribution in [0.25, 0.3) is 0 Å². The molecule has 0 aliphatic carbocycles. The molecule has 1 aromatic carbocycles. The fourth-order valence-corrected chi connectivity index (χ4v) is 1.72. The maximum Gasteiger partial charge on any atom is 0.314 e. The van der Waals surface area contributed by atoms with Crippen molar-refractivity contribution < 1.29 is 19.0 Å². The van der Waals surface area contributed by atoms with Gasteiger partial charge in [-0.2, -0.15) is 0 Å². The van der Waals surface area contributed by atoms with E-state index in [9.17, 15) is 4.79 Å². The lowest BCUT2D eigenvalue weighted by molar-refractivity contribution is -0.139. The lowest BCUT2D eigenvalue weighted by Crippen LogP contribution is -2.19. The molecule has 1 rings (SSSR count). The lowest BCUT2D eigenvalue weighted by atomic mass is 10.0. The second kappa shape index (κ2) is 6.89. The molecule has 4 nitrogen and oxygen atoms in total. The van der Waals surface area contributed by atoms with Crippen molar-refractivity contribution in [2.24, 2.45) is 5.92 Å². The van der Waals surface area contributed by atoms with Crippen LogP contribution in [0.15, 0.2) is 18.2 Å². The minimum absolute atomic E-state index is 0.0976. The number of carbonyl (C=O) groups excluding carboxylic acids is 1. The maximum atomic E-state index is 12.0. The summed E-state index contributed by atoms with van der Waals surface area (Å²) in [6.07, 6.45) is 1.51. The number of rotatable bonds is 6. The van der Waals surface area contributed by atoms with E-state index < -0.39 is 0 Å². The molecular weight excluding hydrogens is 232 g/mol. The van der Waals surface area contributed by atoms with Crippen LogP contribution in [0.1, 0.15) is 26.7 Å². The first-order valence-corrected chi connectivity index (χ1v) is 6.10. The summed E-state index contributed by atoms with van der Waals surface area (Å²) in [6, 6.07) is 5.25. The van der Waals surface area contributed by atoms with Crippen molar-refractivity contribution in [2.45, 2.75) is 26.7 Å². The second-order valence-electron chi connectivity index (χ2n) is 3.93. The zero-order valence-corrected chi connectivity index (χ0v) is 11.4. The van der Waals surface area contributed by atoms with E-state index >= 15 is 0 Å². The van der Waals surface area contributed by atoms with Gasteiger partial charge < -0.3 is 14.2 Å². The summed E-state index contributed by atoms with van der Waals surface area (Å²) in [4.78, 5) is 12.0. The maximum absolute atomic E-state index is 12.0. The smallest absolute Gasteiger partial charge is 0.314 e. The first-order chi connectivity index (χ1) is 8.67. The van der Waals surface area contributed by atoms with Gasteiger partial charge in [-0.25, -0.2) is 0 Å². The molecule has 4 heteroatoms. The summed E-state index contributed by atoms with van der Waals surface area (Å²) in [6.45, 7) is 3.93. The van der Waals surface area contributed by atoms with Crippen molar-refractivity contribution >= 4 is 5.97 Å². The summed E-state index contributed by atoms with van der Waals surface area (Å²) >= 11 is 0. The van der Waals surface area contributed by atoms with E-state index in [0.717, 1.165) is 12.8 Å². The number of para-hydroxylation sites is 1. The molecule has 1 aromatic rings. The van der Waals surface area contributed by atoms with Crippen molar-refractivity contribution in [1.82, 2.24) is 0 Å². The number of ether oxygens (including phenoxy) is 3. The Bertz CT molecular complexity index is 375. The van der Waals surface area contributed by atoms with Crippen molar-refractivity contribution in [2.75, 3.05) is 14.2 Å². The van der Waals surface area contributed by atoms with Crippen LogP contribution in [0.5, 0.6) is 17.2 Å². The molecule has 18 heavy (non-hydrogen) atoms. The predicted octanol–water partition coefficient (Wildman–Crippen LogP) is 3.05. The zero-order valence-electron chi connectivity index (χ0n) is 11.4. The molecule has 0 saturated heterocycles. The van der Waals surface area contributed by atoms with Crippen LogP contribution < -0.4 is 14.2 Å². The Hall–Kier alpha value is -1.71. The van der Waals surface area contributed by atoms with Gasteiger partial charge in [0, 0.05) is 0 Å². The highest BCUT2D eigenvalue weighted by Gasteiger charge is 2.21. The van der Waals surface area contributed by atoms with Crippen LogP contribution in [0.2, 0.25) is 0 Å². The summed E-state index contributed by atoms with van der Waals surface area (Å²) in [5, 5.41) is 0. The molecule has 0 aromatic heterocycles. The van der Waals surface area contributed by atoms with Crippen molar-refractivity contribution in [1.29, 1.82) is 0 Å². The molecule has 0 amide bonds. The fraction of sp³-hybridized carbons (Fsp3) is 0.500. The third-order valence-corrected chi connectivity index (χ3v) is 2.90. The van der Waals surface area contributed by atoms with E-state index in [4.69, 9.17) is 14.2 Å². The average Bonchev–Trinajstić information content (AvgIpc) is 2.40. The number of hydrogen-bond donors (Lipinski definition) is 0. The number of carbonyl (C=O) groups is 1. The van der Waals surface area contributed by atoms with Crippen molar-refractivity contribution in [3.8, 4) is 17.2 Å². The van der Waals surface area contributed by atoms with Gasteiger partial charge in [-0.1, -0.05) is 19.9 Å². The molecule has 0 aliphatic heterocycles. The Labute approximate surface area is 108 Å². The predicted molar refractivity (Wildman–Crippen MR) is 69.3 cm³/mol. The molecule has 0 unspecified atom stereocenters. The Morgan fingerprint density at radius 2 is 1.61 bits per heavy atom. The highest BCUT2D eigenvalue weighted by Crippen LogP contribution is 2.37. The largest absolute Gasteiger partial charge is 0.493 e. The molecule has 0 aliphatic rings. The number of esters is 1. The Morgan fingerprint density at radius 1 is 1.11 bits per heavy atom. The van der Waals surface area contributed by atoms with E-state index in [-0.39, 0.29) is 11.9 Å². The van der Waals surface area contributed by atoms with Gasteiger partial charge in [0.15, 0.2) is 11.5 Å². The molecule has 0 heterocycles. The minimum atomic E-state index is -0.247. The molecule has 0 radical (unpaired) electrons. The number of methoxy groups -OCH3 is 2. The van der Waals surface area contributed by atoms with Gasteiger partial charge in [0.2, 0.25) is 5.75 Å². The van der Waals surface area contributed by atoms with E-state index in [0.29, 0.717) is 17.2 Å². The number of benzene rings is 1. The van der Waals surface area contributed by atoms with Gasteiger partial charge in [-0.15, -0.1) is 0 Å². The Kier molecular flexibility index (Phi) is 5.49. The van der Waals surface area contributed by atoms with E-state index in [2.05, 4.69) is 0 Å². The van der Waals surface area contributed by atoms with Crippen LogP contribution in [0, 0.1) is 5.92 Å². The highest BCUT2D eigenvalue weighted by molar-refractivity contribution is 5.76. The standard InChI is InChI=1S/C14H20O4/c1-5-10(6-2)14(15)18-13-11(16-3)8-7-9-12(13)17-4/h7-10H,5-6H2,1-4H3. The van der Waals surface area contributed by atoms with Crippen LogP contribution in [-0.2, 0) is 4.79 Å². The molecule has 0 spiro atoms. The van der Waals surface area contributed by atoms with Crippen LogP contribution in [0.4, 0.5) is 0 Å². The van der Waals surface area contributed by atoms with Gasteiger partial charge >= 0.3 is 5.97 Å². The molecule has 0 N–H and O–H groups in total. The van der Waals surface area contributed by atoms with E-state index in [1.54, 1.807) is 18.2 Å². The summed E-state index contributed by atoms with van der Waals surface area (Å²) in [5.41, 5.74) is 0. The van der Waals surface area contributed by atoms with Gasteiger partial charge in [0.25, 0.3) is 0 Å². The third-order valence-electron chi connectivity index (χ3n) is 2.90. The molecular formula is C14H20O4. The van der Waals surface area contributed by atoms with Crippen LogP contribution >= 0.6 is 0 Å². The Morgan fingerprint density at radius 3 is 2.00 bits per heavy atom. The summed E-state index contributed by atoms with van der Waals surface area (Å²) in [7, 11) is 3.06. The summed E-state index contributed by atoms with van der Waals surface area (Å²) < 4.78 is 15.8. The van der Waals surface area contributed by atoms with Gasteiger partial charge in [-0.05, 0) is 25.0 Å². The van der Waals surface area contributed by atoms with E-state index in [1.807, 2.05) is 13.8 Å². The van der Waals surface area contributed by atoms with E-state index in [1.165, 1.54) is 14.2 Å². The molecule has 0 saturated carbocycles. The number of hydrogen-bond acceptors (Lipinski definition) is 4. The molecule has 100 valence electrons. The SMILES string of the molecule is CCC(CC)C(=O)Oc1c(OC)cccc1OC. The molecule has 0 bridgehead atoms. The highest BCUT2D eigenvalue weighted by atomic mass is 16.6. The molecule has 0 atom stereocenters. The third kappa shape index (κ3) is 3.15. The lowest BCUT2D eigenvalue weighted by Gasteiger charge is -2.15. The average molecular weight is 252 g/mol. The van der Waals surface area contributed by atoms with Crippen LogP contribution in [0.3, 0.4) is 0 Å². The van der Waals surface area contributed by atoms with Crippen molar-refractivity contribution in [3.05, 3.63) is 18.2 Å². The molecule has 0 fully saturated rings. The minimum Gasteiger partial charge on any atom is -0.493 e.